The third kappa shape index (κ3) is 4.60. The second kappa shape index (κ2) is 8.23. The Morgan fingerprint density at radius 1 is 1.14 bits per heavy atom. The summed E-state index contributed by atoms with van der Waals surface area (Å²) in [5.41, 5.74) is 7.57. The molecule has 114 valence electrons. The molecule has 0 spiro atoms. The fraction of sp³-hybridized carbons (Fsp3) is 0.471. The molecule has 1 heterocycles. The molecule has 0 fully saturated rings. The van der Waals surface area contributed by atoms with Gasteiger partial charge >= 0.3 is 0 Å². The maximum absolute atomic E-state index is 6.00. The monoisotopic (exact) mass is 350 g/mol. The van der Waals surface area contributed by atoms with E-state index < -0.39 is 0 Å². The van der Waals surface area contributed by atoms with Crippen molar-refractivity contribution in [3.05, 3.63) is 28.9 Å². The minimum atomic E-state index is 0.728. The van der Waals surface area contributed by atoms with Crippen molar-refractivity contribution in [2.45, 2.75) is 45.4 Å². The lowest BCUT2D eigenvalue weighted by Crippen LogP contribution is -2.00. The third-order valence-electron chi connectivity index (χ3n) is 3.57. The molecule has 0 radical (unpaired) electrons. The summed E-state index contributed by atoms with van der Waals surface area (Å²) in [5, 5.41) is 0.935. The molecule has 21 heavy (non-hydrogen) atoms. The van der Waals surface area contributed by atoms with Crippen LogP contribution in [0.25, 0.3) is 10.9 Å². The molecule has 0 aliphatic carbocycles. The van der Waals surface area contributed by atoms with E-state index in [1.807, 2.05) is 18.2 Å². The van der Waals surface area contributed by atoms with E-state index in [0.717, 1.165) is 39.8 Å². The molecule has 0 aliphatic heterocycles. The fourth-order valence-electron chi connectivity index (χ4n) is 2.37. The molecule has 2 rings (SSSR count). The van der Waals surface area contributed by atoms with Crippen LogP contribution in [0.3, 0.4) is 0 Å². The van der Waals surface area contributed by atoms with Crippen LogP contribution in [0.2, 0.25) is 0 Å². The van der Waals surface area contributed by atoms with E-state index in [1.54, 1.807) is 6.20 Å². The van der Waals surface area contributed by atoms with Gasteiger partial charge in [-0.25, -0.2) is 0 Å². The smallest absolute Gasteiger partial charge is 0.145 e. The highest BCUT2D eigenvalue weighted by Crippen LogP contribution is 2.30. The van der Waals surface area contributed by atoms with Crippen LogP contribution in [-0.2, 0) is 0 Å². The minimum absolute atomic E-state index is 0.728. The highest BCUT2D eigenvalue weighted by atomic mass is 79.9. The van der Waals surface area contributed by atoms with Crippen molar-refractivity contribution in [1.82, 2.24) is 4.98 Å². The third-order valence-corrected chi connectivity index (χ3v) is 4.00. The number of nitrogen functional groups attached to an aromatic ring is 1. The number of hydrogen-bond donors (Lipinski definition) is 1. The summed E-state index contributed by atoms with van der Waals surface area (Å²) < 4.78 is 6.81. The molecule has 1 aromatic carbocycles. The molecule has 1 aromatic heterocycles. The summed E-state index contributed by atoms with van der Waals surface area (Å²) in [4.78, 5) is 4.43. The van der Waals surface area contributed by atoms with Gasteiger partial charge in [0.1, 0.15) is 11.3 Å². The summed E-state index contributed by atoms with van der Waals surface area (Å²) in [7, 11) is 0. The Labute approximate surface area is 135 Å². The maximum atomic E-state index is 6.00. The molecule has 4 heteroatoms. The number of halogens is 1. The van der Waals surface area contributed by atoms with Gasteiger partial charge in [0, 0.05) is 21.7 Å². The number of nitrogens with zero attached hydrogens (tertiary/aromatic N) is 1. The number of pyridine rings is 1. The maximum Gasteiger partial charge on any atom is 0.145 e. The van der Waals surface area contributed by atoms with Gasteiger partial charge in [0.05, 0.1) is 6.61 Å². The van der Waals surface area contributed by atoms with Crippen LogP contribution in [0.15, 0.2) is 28.9 Å². The van der Waals surface area contributed by atoms with Gasteiger partial charge in [-0.15, -0.1) is 0 Å². The fourth-order valence-corrected chi connectivity index (χ4v) is 2.70. The summed E-state index contributed by atoms with van der Waals surface area (Å²) >= 11 is 3.43. The van der Waals surface area contributed by atoms with Crippen molar-refractivity contribution in [1.29, 1.82) is 0 Å². The zero-order valence-electron chi connectivity index (χ0n) is 12.6. The van der Waals surface area contributed by atoms with E-state index in [0.29, 0.717) is 0 Å². The Balaban J connectivity index is 1.92. The first-order chi connectivity index (χ1) is 10.2. The van der Waals surface area contributed by atoms with E-state index in [4.69, 9.17) is 10.5 Å². The lowest BCUT2D eigenvalue weighted by atomic mass is 10.1. The molecule has 2 N–H and O–H groups in total. The first-order valence-electron chi connectivity index (χ1n) is 7.69. The number of hydrogen-bond acceptors (Lipinski definition) is 3. The minimum Gasteiger partial charge on any atom is -0.491 e. The van der Waals surface area contributed by atoms with Crippen LogP contribution in [0, 0.1) is 0 Å². The lowest BCUT2D eigenvalue weighted by molar-refractivity contribution is 0.307. The molecule has 2 aromatic rings. The zero-order chi connectivity index (χ0) is 15.1. The van der Waals surface area contributed by atoms with Crippen molar-refractivity contribution in [3.8, 4) is 5.75 Å². The van der Waals surface area contributed by atoms with Crippen LogP contribution in [-0.4, -0.2) is 11.6 Å². The molecule has 0 bridgehead atoms. The quantitative estimate of drug-likeness (QED) is 0.517. The highest BCUT2D eigenvalue weighted by molar-refractivity contribution is 9.10. The molecule has 0 aliphatic rings. The molecule has 3 nitrogen and oxygen atoms in total. The van der Waals surface area contributed by atoms with E-state index in [2.05, 4.69) is 27.8 Å². The van der Waals surface area contributed by atoms with Crippen LogP contribution in [0.1, 0.15) is 45.4 Å². The van der Waals surface area contributed by atoms with Gasteiger partial charge in [-0.05, 0) is 40.5 Å². The van der Waals surface area contributed by atoms with Crippen LogP contribution in [0.5, 0.6) is 5.75 Å². The Morgan fingerprint density at radius 3 is 2.71 bits per heavy atom. The molecule has 0 atom stereocenters. The first-order valence-corrected chi connectivity index (χ1v) is 8.48. The van der Waals surface area contributed by atoms with E-state index in [9.17, 15) is 0 Å². The van der Waals surface area contributed by atoms with Crippen LogP contribution >= 0.6 is 15.9 Å². The van der Waals surface area contributed by atoms with Crippen molar-refractivity contribution in [3.63, 3.8) is 0 Å². The van der Waals surface area contributed by atoms with E-state index in [1.165, 1.54) is 32.1 Å². The predicted molar refractivity (Wildman–Crippen MR) is 92.7 cm³/mol. The Bertz CT molecular complexity index is 586. The van der Waals surface area contributed by atoms with Crippen molar-refractivity contribution in [2.75, 3.05) is 12.3 Å². The second-order valence-electron chi connectivity index (χ2n) is 5.32. The number of fused-ring (bicyclic) bond motifs is 1. The SMILES string of the molecule is CCCCCCCCOc1ccc(N)c2cc(Br)cnc12. The van der Waals surface area contributed by atoms with Crippen molar-refractivity contribution < 1.29 is 4.74 Å². The van der Waals surface area contributed by atoms with Crippen LogP contribution in [0.4, 0.5) is 5.69 Å². The van der Waals surface area contributed by atoms with Gasteiger partial charge in [0.2, 0.25) is 0 Å². The second-order valence-corrected chi connectivity index (χ2v) is 6.23. The summed E-state index contributed by atoms with van der Waals surface area (Å²) in [6.45, 7) is 2.98. The first kappa shape index (κ1) is 16.1. The Morgan fingerprint density at radius 2 is 1.90 bits per heavy atom. The molecular weight excluding hydrogens is 328 g/mol. The zero-order valence-corrected chi connectivity index (χ0v) is 14.2. The highest BCUT2D eigenvalue weighted by Gasteiger charge is 2.07. The number of aromatic nitrogens is 1. The molecular formula is C17H23BrN2O. The normalized spacial score (nSPS) is 11.0. The summed E-state index contributed by atoms with van der Waals surface area (Å²) in [5.74, 6) is 0.820. The van der Waals surface area contributed by atoms with E-state index in [-0.39, 0.29) is 0 Å². The van der Waals surface area contributed by atoms with Crippen LogP contribution < -0.4 is 10.5 Å². The largest absolute Gasteiger partial charge is 0.491 e. The van der Waals surface area contributed by atoms with Gasteiger partial charge in [0.25, 0.3) is 0 Å². The Kier molecular flexibility index (Phi) is 6.30. The summed E-state index contributed by atoms with van der Waals surface area (Å²) in [6.07, 6.45) is 9.34. The molecule has 0 unspecified atom stereocenters. The van der Waals surface area contributed by atoms with Gasteiger partial charge < -0.3 is 10.5 Å². The van der Waals surface area contributed by atoms with Crippen molar-refractivity contribution >= 4 is 32.5 Å². The molecule has 0 saturated carbocycles. The van der Waals surface area contributed by atoms with Crippen molar-refractivity contribution in [2.24, 2.45) is 0 Å². The predicted octanol–water partition coefficient (Wildman–Crippen LogP) is 5.32. The number of anilines is 1. The average molecular weight is 351 g/mol. The van der Waals surface area contributed by atoms with Gasteiger partial charge in [-0.3, -0.25) is 4.98 Å². The number of benzene rings is 1. The topological polar surface area (TPSA) is 48.1 Å². The van der Waals surface area contributed by atoms with Gasteiger partial charge in [-0.2, -0.15) is 0 Å². The van der Waals surface area contributed by atoms with Gasteiger partial charge in [-0.1, -0.05) is 39.0 Å². The number of ether oxygens (including phenoxy) is 1. The Hall–Kier alpha value is -1.29. The number of rotatable bonds is 8. The van der Waals surface area contributed by atoms with Gasteiger partial charge in [0.15, 0.2) is 0 Å². The standard InChI is InChI=1S/C17H23BrN2O/c1-2-3-4-5-6-7-10-21-16-9-8-15(19)14-11-13(18)12-20-17(14)16/h8-9,11-12H,2-7,10,19H2,1H3. The molecule has 0 saturated heterocycles. The average Bonchev–Trinajstić information content (AvgIpc) is 2.49. The van der Waals surface area contributed by atoms with E-state index >= 15 is 0 Å². The lowest BCUT2D eigenvalue weighted by Gasteiger charge is -2.10. The number of unbranched alkanes of at least 4 members (excludes halogenated alkanes) is 5. The molecule has 0 amide bonds. The summed E-state index contributed by atoms with van der Waals surface area (Å²) in [6, 6.07) is 5.78. The number of nitrogens with two attached hydrogens (primary N) is 1.